The van der Waals surface area contributed by atoms with Gasteiger partial charge in [0.2, 0.25) is 0 Å². The van der Waals surface area contributed by atoms with E-state index in [9.17, 15) is 14.4 Å². The third-order valence-electron chi connectivity index (χ3n) is 4.98. The summed E-state index contributed by atoms with van der Waals surface area (Å²) >= 11 is 0. The molecule has 0 saturated heterocycles. The van der Waals surface area contributed by atoms with Gasteiger partial charge in [0.05, 0.1) is 5.39 Å². The Kier molecular flexibility index (Phi) is 5.35. The molecule has 1 aliphatic carbocycles. The van der Waals surface area contributed by atoms with E-state index in [2.05, 4.69) is 22.4 Å². The monoisotopic (exact) mass is 357 g/mol. The number of carbonyl (C=O) groups excluding carboxylic acids is 2. The fourth-order valence-electron chi connectivity index (χ4n) is 3.37. The molecule has 1 aromatic carbocycles. The van der Waals surface area contributed by atoms with Crippen LogP contribution in [0.4, 0.5) is 0 Å². The van der Waals surface area contributed by atoms with Crippen LogP contribution in [0.3, 0.4) is 0 Å². The van der Waals surface area contributed by atoms with Gasteiger partial charge in [0.1, 0.15) is 0 Å². The zero-order chi connectivity index (χ0) is 18.7. The number of nitrogens with one attached hydrogen (secondary N) is 2. The standard InChI is InChI=1S/C19H23N3O4/c1-11-7-3-6-10-15(11)20-17(23)12(2)26-19(25)16-13-8-4-5-9-14(13)18(24)22-21-16/h4-5,8-9,11-12,15H,3,6-7,10H2,1-2H3,(H,20,23)(H,22,24)/t11-,12-,15-/m1/s1. The highest BCUT2D eigenvalue weighted by atomic mass is 16.5. The Labute approximate surface area is 151 Å². The third kappa shape index (κ3) is 3.76. The number of fused-ring (bicyclic) bond motifs is 1. The maximum atomic E-state index is 12.5. The van der Waals surface area contributed by atoms with Crippen molar-refractivity contribution in [2.75, 3.05) is 0 Å². The van der Waals surface area contributed by atoms with E-state index in [0.717, 1.165) is 19.3 Å². The average Bonchev–Trinajstić information content (AvgIpc) is 2.64. The van der Waals surface area contributed by atoms with Gasteiger partial charge in [0.15, 0.2) is 11.8 Å². The van der Waals surface area contributed by atoms with Crippen molar-refractivity contribution in [1.29, 1.82) is 0 Å². The number of aromatic amines is 1. The normalized spacial score (nSPS) is 21.2. The first-order valence-electron chi connectivity index (χ1n) is 8.96. The summed E-state index contributed by atoms with van der Waals surface area (Å²) in [5.41, 5.74) is -0.389. The SMILES string of the molecule is C[C@@H]1CCCC[C@H]1NC(=O)[C@@H](C)OC(=O)c1n[nH]c(=O)c2ccccc12. The lowest BCUT2D eigenvalue weighted by Gasteiger charge is -2.30. The number of amides is 1. The number of ether oxygens (including phenoxy) is 1. The van der Waals surface area contributed by atoms with Crippen LogP contribution in [0.15, 0.2) is 29.1 Å². The largest absolute Gasteiger partial charge is 0.448 e. The number of H-pyrrole nitrogens is 1. The van der Waals surface area contributed by atoms with E-state index in [1.165, 1.54) is 13.3 Å². The van der Waals surface area contributed by atoms with Gasteiger partial charge < -0.3 is 10.1 Å². The number of carbonyl (C=O) groups is 2. The molecule has 138 valence electrons. The summed E-state index contributed by atoms with van der Waals surface area (Å²) < 4.78 is 5.29. The lowest BCUT2D eigenvalue weighted by molar-refractivity contribution is -0.130. The summed E-state index contributed by atoms with van der Waals surface area (Å²) in [5, 5.41) is 9.82. The molecule has 0 unspecified atom stereocenters. The summed E-state index contributed by atoms with van der Waals surface area (Å²) in [5.74, 6) is -0.636. The number of nitrogens with zero attached hydrogens (tertiary/aromatic N) is 1. The van der Waals surface area contributed by atoms with E-state index in [4.69, 9.17) is 4.74 Å². The molecule has 7 nitrogen and oxygen atoms in total. The number of rotatable bonds is 4. The van der Waals surface area contributed by atoms with Gasteiger partial charge in [-0.3, -0.25) is 9.59 Å². The molecule has 1 amide bonds. The second kappa shape index (κ2) is 7.68. The van der Waals surface area contributed by atoms with E-state index >= 15 is 0 Å². The minimum absolute atomic E-state index is 0.00844. The zero-order valence-corrected chi connectivity index (χ0v) is 15.0. The first-order chi connectivity index (χ1) is 12.5. The summed E-state index contributed by atoms with van der Waals surface area (Å²) in [6, 6.07) is 6.76. The third-order valence-corrected chi connectivity index (χ3v) is 4.98. The van der Waals surface area contributed by atoms with Crippen molar-refractivity contribution in [3.05, 3.63) is 40.3 Å². The number of hydrogen-bond acceptors (Lipinski definition) is 5. The molecule has 1 fully saturated rings. The zero-order valence-electron chi connectivity index (χ0n) is 15.0. The van der Waals surface area contributed by atoms with Crippen molar-refractivity contribution in [2.45, 2.75) is 51.7 Å². The van der Waals surface area contributed by atoms with Crippen molar-refractivity contribution >= 4 is 22.6 Å². The van der Waals surface area contributed by atoms with Crippen LogP contribution < -0.4 is 10.9 Å². The van der Waals surface area contributed by atoms with Gasteiger partial charge in [-0.05, 0) is 31.7 Å². The van der Waals surface area contributed by atoms with Crippen molar-refractivity contribution in [1.82, 2.24) is 15.5 Å². The van der Waals surface area contributed by atoms with Crippen LogP contribution in [0.25, 0.3) is 10.8 Å². The molecule has 2 N–H and O–H groups in total. The van der Waals surface area contributed by atoms with E-state index in [0.29, 0.717) is 16.7 Å². The first kappa shape index (κ1) is 18.1. The molecule has 1 saturated carbocycles. The van der Waals surface area contributed by atoms with Crippen LogP contribution in [-0.2, 0) is 9.53 Å². The lowest BCUT2D eigenvalue weighted by atomic mass is 9.86. The topological polar surface area (TPSA) is 101 Å². The lowest BCUT2D eigenvalue weighted by Crippen LogP contribution is -2.46. The van der Waals surface area contributed by atoms with Gasteiger partial charge in [0.25, 0.3) is 11.5 Å². The van der Waals surface area contributed by atoms with Crippen LogP contribution in [0.1, 0.15) is 50.0 Å². The van der Waals surface area contributed by atoms with Crippen LogP contribution in [0.2, 0.25) is 0 Å². The molecule has 1 heterocycles. The predicted molar refractivity (Wildman–Crippen MR) is 96.8 cm³/mol. The summed E-state index contributed by atoms with van der Waals surface area (Å²) in [7, 11) is 0. The van der Waals surface area contributed by atoms with Crippen molar-refractivity contribution in [3.8, 4) is 0 Å². The molecular formula is C19H23N3O4. The number of benzene rings is 1. The van der Waals surface area contributed by atoms with Crippen LogP contribution in [0, 0.1) is 5.92 Å². The van der Waals surface area contributed by atoms with Gasteiger partial charge in [-0.2, -0.15) is 5.10 Å². The molecule has 0 aliphatic heterocycles. The Hall–Kier alpha value is -2.70. The molecule has 0 radical (unpaired) electrons. The minimum Gasteiger partial charge on any atom is -0.448 e. The highest BCUT2D eigenvalue weighted by Gasteiger charge is 2.27. The smallest absolute Gasteiger partial charge is 0.360 e. The Bertz CT molecular complexity index is 876. The Morgan fingerprint density at radius 1 is 1.23 bits per heavy atom. The van der Waals surface area contributed by atoms with Gasteiger partial charge in [-0.15, -0.1) is 0 Å². The van der Waals surface area contributed by atoms with Crippen molar-refractivity contribution in [3.63, 3.8) is 0 Å². The Balaban J connectivity index is 1.70. The molecule has 7 heteroatoms. The molecule has 3 atom stereocenters. The minimum atomic E-state index is -0.941. The highest BCUT2D eigenvalue weighted by molar-refractivity contribution is 6.02. The van der Waals surface area contributed by atoms with Gasteiger partial charge in [-0.25, -0.2) is 9.89 Å². The predicted octanol–water partition coefficient (Wildman–Crippen LogP) is 2.16. The Morgan fingerprint density at radius 2 is 1.92 bits per heavy atom. The molecule has 1 aromatic heterocycles. The number of hydrogen-bond donors (Lipinski definition) is 2. The quantitative estimate of drug-likeness (QED) is 0.817. The van der Waals surface area contributed by atoms with E-state index < -0.39 is 12.1 Å². The summed E-state index contributed by atoms with van der Waals surface area (Å²) in [6.07, 6.45) is 3.37. The fourth-order valence-corrected chi connectivity index (χ4v) is 3.37. The summed E-state index contributed by atoms with van der Waals surface area (Å²) in [6.45, 7) is 3.66. The van der Waals surface area contributed by atoms with Crippen molar-refractivity contribution < 1.29 is 14.3 Å². The fraction of sp³-hybridized carbons (Fsp3) is 0.474. The van der Waals surface area contributed by atoms with Gasteiger partial charge in [0, 0.05) is 11.4 Å². The maximum Gasteiger partial charge on any atom is 0.360 e. The number of esters is 1. The van der Waals surface area contributed by atoms with E-state index in [1.54, 1.807) is 24.3 Å². The highest BCUT2D eigenvalue weighted by Crippen LogP contribution is 2.24. The molecular weight excluding hydrogens is 334 g/mol. The van der Waals surface area contributed by atoms with Crippen LogP contribution >= 0.6 is 0 Å². The van der Waals surface area contributed by atoms with E-state index in [-0.39, 0.29) is 23.2 Å². The second-order valence-electron chi connectivity index (χ2n) is 6.87. The first-order valence-corrected chi connectivity index (χ1v) is 8.96. The van der Waals surface area contributed by atoms with Crippen LogP contribution in [-0.4, -0.2) is 34.2 Å². The Morgan fingerprint density at radius 3 is 2.65 bits per heavy atom. The van der Waals surface area contributed by atoms with Crippen molar-refractivity contribution in [2.24, 2.45) is 5.92 Å². The average molecular weight is 357 g/mol. The van der Waals surface area contributed by atoms with E-state index in [1.807, 2.05) is 0 Å². The van der Waals surface area contributed by atoms with Gasteiger partial charge >= 0.3 is 5.97 Å². The number of aromatic nitrogens is 2. The molecule has 2 aromatic rings. The molecule has 3 rings (SSSR count). The van der Waals surface area contributed by atoms with Gasteiger partial charge in [-0.1, -0.05) is 38.0 Å². The molecule has 0 spiro atoms. The maximum absolute atomic E-state index is 12.5. The second-order valence-corrected chi connectivity index (χ2v) is 6.87. The molecule has 1 aliphatic rings. The van der Waals surface area contributed by atoms with Crippen LogP contribution in [0.5, 0.6) is 0 Å². The molecule has 26 heavy (non-hydrogen) atoms. The summed E-state index contributed by atoms with van der Waals surface area (Å²) in [4.78, 5) is 36.6. The molecule has 0 bridgehead atoms.